The molecular formula is C17H20O. The lowest BCUT2D eigenvalue weighted by Crippen LogP contribution is -1.95. The van der Waals surface area contributed by atoms with Crippen LogP contribution in [0.1, 0.15) is 48.2 Å². The predicted octanol–water partition coefficient (Wildman–Crippen LogP) is 4.56. The van der Waals surface area contributed by atoms with Crippen LogP contribution < -0.4 is 0 Å². The molecule has 0 unspecified atom stereocenters. The second-order valence-electron chi connectivity index (χ2n) is 4.81. The van der Waals surface area contributed by atoms with Gasteiger partial charge in [0, 0.05) is 5.56 Å². The summed E-state index contributed by atoms with van der Waals surface area (Å²) in [7, 11) is 0. The van der Waals surface area contributed by atoms with E-state index in [-0.39, 0.29) is 0 Å². The molecule has 0 atom stereocenters. The molecule has 0 saturated carbocycles. The SMILES string of the molecule is CCCc1cccc2cc(C=O)cc(CCC)c12. The minimum Gasteiger partial charge on any atom is -0.298 e. The Morgan fingerprint density at radius 2 is 1.72 bits per heavy atom. The molecule has 0 aromatic heterocycles. The quantitative estimate of drug-likeness (QED) is 0.700. The van der Waals surface area contributed by atoms with Crippen molar-refractivity contribution in [2.24, 2.45) is 0 Å². The molecule has 2 aromatic carbocycles. The van der Waals surface area contributed by atoms with Gasteiger partial charge in [-0.15, -0.1) is 0 Å². The molecule has 0 heterocycles. The fourth-order valence-corrected chi connectivity index (χ4v) is 2.64. The summed E-state index contributed by atoms with van der Waals surface area (Å²) < 4.78 is 0. The summed E-state index contributed by atoms with van der Waals surface area (Å²) in [5, 5.41) is 2.57. The van der Waals surface area contributed by atoms with Crippen molar-refractivity contribution in [2.75, 3.05) is 0 Å². The van der Waals surface area contributed by atoms with E-state index in [1.54, 1.807) is 0 Å². The summed E-state index contributed by atoms with van der Waals surface area (Å²) in [6.45, 7) is 4.39. The minimum absolute atomic E-state index is 0.791. The van der Waals surface area contributed by atoms with Gasteiger partial charge in [-0.3, -0.25) is 4.79 Å². The first-order valence-corrected chi connectivity index (χ1v) is 6.79. The van der Waals surface area contributed by atoms with Gasteiger partial charge in [0.25, 0.3) is 0 Å². The Bertz CT molecular complexity index is 555. The molecule has 94 valence electrons. The van der Waals surface area contributed by atoms with Crippen LogP contribution in [0, 0.1) is 0 Å². The maximum atomic E-state index is 11.0. The van der Waals surface area contributed by atoms with Crippen LogP contribution in [-0.2, 0) is 12.8 Å². The zero-order valence-electron chi connectivity index (χ0n) is 11.2. The lowest BCUT2D eigenvalue weighted by Gasteiger charge is -2.12. The van der Waals surface area contributed by atoms with Gasteiger partial charge in [-0.25, -0.2) is 0 Å². The molecule has 1 nitrogen and oxygen atoms in total. The van der Waals surface area contributed by atoms with Gasteiger partial charge in [-0.05, 0) is 46.9 Å². The normalized spacial score (nSPS) is 10.8. The highest BCUT2D eigenvalue weighted by molar-refractivity contribution is 5.93. The molecule has 0 N–H and O–H groups in total. The summed E-state index contributed by atoms with van der Waals surface area (Å²) in [6, 6.07) is 10.5. The number of carbonyl (C=O) groups excluding carboxylic acids is 1. The first kappa shape index (κ1) is 12.8. The highest BCUT2D eigenvalue weighted by Crippen LogP contribution is 2.26. The van der Waals surface area contributed by atoms with Crippen LogP contribution >= 0.6 is 0 Å². The van der Waals surface area contributed by atoms with Gasteiger partial charge in [0.2, 0.25) is 0 Å². The van der Waals surface area contributed by atoms with Crippen molar-refractivity contribution >= 4 is 17.1 Å². The molecule has 1 heteroatoms. The van der Waals surface area contributed by atoms with E-state index in [1.807, 2.05) is 6.07 Å². The molecule has 0 amide bonds. The van der Waals surface area contributed by atoms with Crippen molar-refractivity contribution in [3.8, 4) is 0 Å². The fraction of sp³-hybridized carbons (Fsp3) is 0.353. The number of carbonyl (C=O) groups is 1. The molecule has 0 spiro atoms. The van der Waals surface area contributed by atoms with E-state index < -0.39 is 0 Å². The lowest BCUT2D eigenvalue weighted by molar-refractivity contribution is 0.112. The number of aryl methyl sites for hydroxylation is 2. The summed E-state index contributed by atoms with van der Waals surface area (Å²) in [5.74, 6) is 0. The molecule has 0 aliphatic heterocycles. The Balaban J connectivity index is 2.69. The van der Waals surface area contributed by atoms with Crippen LogP contribution in [0.25, 0.3) is 10.8 Å². The van der Waals surface area contributed by atoms with E-state index in [9.17, 15) is 4.79 Å². The van der Waals surface area contributed by atoms with Crippen molar-refractivity contribution < 1.29 is 4.79 Å². The molecule has 18 heavy (non-hydrogen) atoms. The van der Waals surface area contributed by atoms with Gasteiger partial charge in [-0.1, -0.05) is 44.9 Å². The van der Waals surface area contributed by atoms with E-state index in [0.29, 0.717) is 0 Å². The number of hydrogen-bond acceptors (Lipinski definition) is 1. The molecule has 0 bridgehead atoms. The van der Waals surface area contributed by atoms with E-state index in [2.05, 4.69) is 38.1 Å². The minimum atomic E-state index is 0.791. The number of benzene rings is 2. The van der Waals surface area contributed by atoms with Gasteiger partial charge >= 0.3 is 0 Å². The van der Waals surface area contributed by atoms with Gasteiger partial charge in [0.15, 0.2) is 0 Å². The Kier molecular flexibility index (Phi) is 4.14. The van der Waals surface area contributed by atoms with Crippen molar-refractivity contribution in [1.29, 1.82) is 0 Å². The van der Waals surface area contributed by atoms with Crippen LogP contribution in [0.4, 0.5) is 0 Å². The van der Waals surface area contributed by atoms with Crippen molar-refractivity contribution in [2.45, 2.75) is 39.5 Å². The number of aldehydes is 1. The average molecular weight is 240 g/mol. The summed E-state index contributed by atoms with van der Waals surface area (Å²) >= 11 is 0. The van der Waals surface area contributed by atoms with E-state index in [1.165, 1.54) is 21.9 Å². The molecule has 0 fully saturated rings. The van der Waals surface area contributed by atoms with Crippen LogP contribution in [0.5, 0.6) is 0 Å². The smallest absolute Gasteiger partial charge is 0.150 e. The molecule has 0 aliphatic carbocycles. The zero-order chi connectivity index (χ0) is 13.0. The summed E-state index contributed by atoms with van der Waals surface area (Å²) in [6.07, 6.45) is 5.36. The van der Waals surface area contributed by atoms with Crippen LogP contribution in [0.15, 0.2) is 30.3 Å². The summed E-state index contributed by atoms with van der Waals surface area (Å²) in [4.78, 5) is 11.0. The van der Waals surface area contributed by atoms with E-state index >= 15 is 0 Å². The van der Waals surface area contributed by atoms with Gasteiger partial charge in [-0.2, -0.15) is 0 Å². The molecule has 0 radical (unpaired) electrons. The van der Waals surface area contributed by atoms with Gasteiger partial charge in [0.05, 0.1) is 0 Å². The Labute approximate surface area is 109 Å². The second kappa shape index (κ2) is 5.81. The van der Waals surface area contributed by atoms with Crippen molar-refractivity contribution in [1.82, 2.24) is 0 Å². The fourth-order valence-electron chi connectivity index (χ4n) is 2.64. The van der Waals surface area contributed by atoms with Crippen LogP contribution in [0.3, 0.4) is 0 Å². The third-order valence-corrected chi connectivity index (χ3v) is 3.34. The topological polar surface area (TPSA) is 17.1 Å². The largest absolute Gasteiger partial charge is 0.298 e. The summed E-state index contributed by atoms with van der Waals surface area (Å²) in [5.41, 5.74) is 3.52. The standard InChI is InChI=1S/C17H20O/c1-3-6-14-8-5-9-16-11-13(12-18)10-15(7-4-2)17(14)16/h5,8-12H,3-4,6-7H2,1-2H3. The predicted molar refractivity (Wildman–Crippen MR) is 77.3 cm³/mol. The van der Waals surface area contributed by atoms with E-state index in [0.717, 1.165) is 37.5 Å². The Morgan fingerprint density at radius 3 is 2.39 bits per heavy atom. The first-order valence-electron chi connectivity index (χ1n) is 6.79. The van der Waals surface area contributed by atoms with Crippen LogP contribution in [0.2, 0.25) is 0 Å². The maximum Gasteiger partial charge on any atom is 0.150 e. The monoisotopic (exact) mass is 240 g/mol. The molecule has 2 rings (SSSR count). The third kappa shape index (κ3) is 2.45. The molecule has 2 aromatic rings. The van der Waals surface area contributed by atoms with Crippen molar-refractivity contribution in [3.05, 3.63) is 47.0 Å². The zero-order valence-corrected chi connectivity index (χ0v) is 11.2. The second-order valence-corrected chi connectivity index (χ2v) is 4.81. The lowest BCUT2D eigenvalue weighted by atomic mass is 9.93. The molecule has 0 saturated heterocycles. The Morgan fingerprint density at radius 1 is 1.00 bits per heavy atom. The molecular weight excluding hydrogens is 220 g/mol. The Hall–Kier alpha value is -1.63. The third-order valence-electron chi connectivity index (χ3n) is 3.34. The first-order chi connectivity index (χ1) is 8.80. The molecule has 0 aliphatic rings. The highest BCUT2D eigenvalue weighted by atomic mass is 16.1. The van der Waals surface area contributed by atoms with E-state index in [4.69, 9.17) is 0 Å². The van der Waals surface area contributed by atoms with Gasteiger partial charge in [0.1, 0.15) is 6.29 Å². The van der Waals surface area contributed by atoms with Crippen LogP contribution in [-0.4, -0.2) is 6.29 Å². The highest BCUT2D eigenvalue weighted by Gasteiger charge is 2.07. The average Bonchev–Trinajstić information content (AvgIpc) is 2.39. The number of hydrogen-bond donors (Lipinski definition) is 0. The van der Waals surface area contributed by atoms with Gasteiger partial charge < -0.3 is 0 Å². The maximum absolute atomic E-state index is 11.0. The number of rotatable bonds is 5. The van der Waals surface area contributed by atoms with Crippen molar-refractivity contribution in [3.63, 3.8) is 0 Å². The number of fused-ring (bicyclic) bond motifs is 1.